The van der Waals surface area contributed by atoms with Crippen LogP contribution in [0.25, 0.3) is 0 Å². The number of carbonyl (C=O) groups excluding carboxylic acids is 1. The quantitative estimate of drug-likeness (QED) is 0.790. The summed E-state index contributed by atoms with van der Waals surface area (Å²) in [4.78, 5) is 24.8. The zero-order valence-electron chi connectivity index (χ0n) is 10.7. The predicted molar refractivity (Wildman–Crippen MR) is 64.9 cm³/mol. The van der Waals surface area contributed by atoms with Gasteiger partial charge in [0.05, 0.1) is 0 Å². The smallest absolute Gasteiger partial charge is 0.329 e. The number of piperidine rings is 1. The molecule has 0 spiro atoms. The second-order valence-electron chi connectivity index (χ2n) is 4.87. The molecule has 0 aromatic heterocycles. The van der Waals surface area contributed by atoms with Crippen LogP contribution < -0.4 is 5.32 Å². The van der Waals surface area contributed by atoms with Gasteiger partial charge in [-0.3, -0.25) is 0 Å². The first kappa shape index (κ1) is 13.8. The van der Waals surface area contributed by atoms with Crippen molar-refractivity contribution in [3.8, 4) is 0 Å². The summed E-state index contributed by atoms with van der Waals surface area (Å²) in [5.74, 6) is -0.968. The van der Waals surface area contributed by atoms with E-state index in [1.54, 1.807) is 11.8 Å². The van der Waals surface area contributed by atoms with Crippen LogP contribution in [0.4, 0.5) is 4.79 Å². The molecule has 1 aliphatic heterocycles. The van der Waals surface area contributed by atoms with E-state index >= 15 is 0 Å². The van der Waals surface area contributed by atoms with E-state index in [-0.39, 0.29) is 6.03 Å². The molecular weight excluding hydrogens is 220 g/mol. The molecule has 5 nitrogen and oxygen atoms in total. The molecule has 2 N–H and O–H groups in total. The van der Waals surface area contributed by atoms with E-state index in [0.29, 0.717) is 6.42 Å². The van der Waals surface area contributed by atoms with Crippen molar-refractivity contribution in [3.63, 3.8) is 0 Å². The van der Waals surface area contributed by atoms with E-state index in [9.17, 15) is 14.7 Å². The van der Waals surface area contributed by atoms with Crippen LogP contribution in [-0.2, 0) is 4.79 Å². The van der Waals surface area contributed by atoms with Gasteiger partial charge in [0.2, 0.25) is 0 Å². The van der Waals surface area contributed by atoms with Gasteiger partial charge < -0.3 is 15.3 Å². The van der Waals surface area contributed by atoms with Crippen molar-refractivity contribution in [1.82, 2.24) is 10.2 Å². The summed E-state index contributed by atoms with van der Waals surface area (Å²) in [5.41, 5.74) is -1.15. The van der Waals surface area contributed by atoms with Crippen LogP contribution in [0.1, 0.15) is 46.0 Å². The second kappa shape index (κ2) is 5.89. The van der Waals surface area contributed by atoms with E-state index in [2.05, 4.69) is 5.32 Å². The molecule has 0 aromatic carbocycles. The lowest BCUT2D eigenvalue weighted by Crippen LogP contribution is -2.56. The van der Waals surface area contributed by atoms with Gasteiger partial charge in [0.15, 0.2) is 0 Å². The van der Waals surface area contributed by atoms with Crippen molar-refractivity contribution < 1.29 is 14.7 Å². The van der Waals surface area contributed by atoms with Gasteiger partial charge in [-0.15, -0.1) is 0 Å². The SMILES string of the molecule is CCCC(C)(NC(=O)N1CCCCC1)C(=O)O. The topological polar surface area (TPSA) is 69.6 Å². The van der Waals surface area contributed by atoms with E-state index in [4.69, 9.17) is 0 Å². The number of urea groups is 1. The fourth-order valence-corrected chi connectivity index (χ4v) is 2.13. The first-order valence-corrected chi connectivity index (χ1v) is 6.30. The third kappa shape index (κ3) is 3.61. The number of rotatable bonds is 4. The number of aliphatic carboxylic acids is 1. The van der Waals surface area contributed by atoms with Gasteiger partial charge in [0.1, 0.15) is 5.54 Å². The summed E-state index contributed by atoms with van der Waals surface area (Å²) >= 11 is 0. The molecule has 1 atom stereocenters. The summed E-state index contributed by atoms with van der Waals surface area (Å²) in [5, 5.41) is 11.8. The van der Waals surface area contributed by atoms with Crippen LogP contribution in [0, 0.1) is 0 Å². The highest BCUT2D eigenvalue weighted by Crippen LogP contribution is 2.15. The number of carboxylic acids is 1. The maximum absolute atomic E-state index is 11.9. The molecule has 0 aliphatic carbocycles. The molecule has 1 rings (SSSR count). The molecule has 0 saturated carbocycles. The summed E-state index contributed by atoms with van der Waals surface area (Å²) in [6.45, 7) is 4.94. The Labute approximate surface area is 102 Å². The minimum atomic E-state index is -1.15. The van der Waals surface area contributed by atoms with E-state index in [1.165, 1.54) is 0 Å². The van der Waals surface area contributed by atoms with Gasteiger partial charge in [-0.2, -0.15) is 0 Å². The lowest BCUT2D eigenvalue weighted by molar-refractivity contribution is -0.144. The molecule has 5 heteroatoms. The van der Waals surface area contributed by atoms with Crippen molar-refractivity contribution in [2.75, 3.05) is 13.1 Å². The highest BCUT2D eigenvalue weighted by Gasteiger charge is 2.35. The number of carboxylic acid groups (broad SMARTS) is 1. The Kier molecular flexibility index (Phi) is 4.78. The zero-order valence-corrected chi connectivity index (χ0v) is 10.7. The lowest BCUT2D eigenvalue weighted by atomic mass is 9.96. The molecular formula is C12H22N2O3. The summed E-state index contributed by atoms with van der Waals surface area (Å²) in [6.07, 6.45) is 4.33. The van der Waals surface area contributed by atoms with Crippen molar-refractivity contribution in [2.45, 2.75) is 51.5 Å². The molecule has 1 saturated heterocycles. The van der Waals surface area contributed by atoms with Gasteiger partial charge in [-0.05, 0) is 32.6 Å². The Morgan fingerprint density at radius 2 is 1.88 bits per heavy atom. The Hall–Kier alpha value is -1.26. The van der Waals surface area contributed by atoms with Crippen LogP contribution >= 0.6 is 0 Å². The van der Waals surface area contributed by atoms with Gasteiger partial charge >= 0.3 is 12.0 Å². The van der Waals surface area contributed by atoms with Crippen LogP contribution in [0.3, 0.4) is 0 Å². The third-order valence-electron chi connectivity index (χ3n) is 3.25. The predicted octanol–water partition coefficient (Wildman–Crippen LogP) is 1.83. The molecule has 1 fully saturated rings. The van der Waals surface area contributed by atoms with Gasteiger partial charge in [0.25, 0.3) is 0 Å². The van der Waals surface area contributed by atoms with Crippen molar-refractivity contribution >= 4 is 12.0 Å². The highest BCUT2D eigenvalue weighted by molar-refractivity contribution is 5.85. The number of carbonyl (C=O) groups is 2. The normalized spacial score (nSPS) is 19.5. The molecule has 0 bridgehead atoms. The van der Waals surface area contributed by atoms with E-state index in [1.807, 2.05) is 6.92 Å². The molecule has 0 radical (unpaired) electrons. The average molecular weight is 242 g/mol. The lowest BCUT2D eigenvalue weighted by Gasteiger charge is -2.32. The number of hydrogen-bond acceptors (Lipinski definition) is 2. The fraction of sp³-hybridized carbons (Fsp3) is 0.833. The van der Waals surface area contributed by atoms with Crippen molar-refractivity contribution in [1.29, 1.82) is 0 Å². The molecule has 2 amide bonds. The van der Waals surface area contributed by atoms with Crippen molar-refractivity contribution in [3.05, 3.63) is 0 Å². The summed E-state index contributed by atoms with van der Waals surface area (Å²) < 4.78 is 0. The Bertz CT molecular complexity index is 287. The third-order valence-corrected chi connectivity index (χ3v) is 3.25. The van der Waals surface area contributed by atoms with E-state index in [0.717, 1.165) is 38.8 Å². The maximum atomic E-state index is 11.9. The largest absolute Gasteiger partial charge is 0.480 e. The highest BCUT2D eigenvalue weighted by atomic mass is 16.4. The monoisotopic (exact) mass is 242 g/mol. The van der Waals surface area contributed by atoms with Gasteiger partial charge in [-0.1, -0.05) is 13.3 Å². The Morgan fingerprint density at radius 1 is 1.29 bits per heavy atom. The molecule has 17 heavy (non-hydrogen) atoms. The number of nitrogens with one attached hydrogen (secondary N) is 1. The molecule has 1 aliphatic rings. The van der Waals surface area contributed by atoms with Crippen LogP contribution in [0.5, 0.6) is 0 Å². The number of likely N-dealkylation sites (tertiary alicyclic amines) is 1. The van der Waals surface area contributed by atoms with Gasteiger partial charge in [0, 0.05) is 13.1 Å². The zero-order chi connectivity index (χ0) is 12.9. The van der Waals surface area contributed by atoms with Crippen molar-refractivity contribution in [2.24, 2.45) is 0 Å². The summed E-state index contributed by atoms with van der Waals surface area (Å²) in [7, 11) is 0. The first-order valence-electron chi connectivity index (χ1n) is 6.30. The molecule has 1 heterocycles. The fourth-order valence-electron chi connectivity index (χ4n) is 2.13. The van der Waals surface area contributed by atoms with E-state index < -0.39 is 11.5 Å². The first-order chi connectivity index (χ1) is 7.99. The van der Waals surface area contributed by atoms with Gasteiger partial charge in [-0.25, -0.2) is 9.59 Å². The Morgan fingerprint density at radius 3 is 2.35 bits per heavy atom. The summed E-state index contributed by atoms with van der Waals surface area (Å²) in [6, 6.07) is -0.247. The maximum Gasteiger partial charge on any atom is 0.329 e. The number of hydrogen-bond donors (Lipinski definition) is 2. The minimum Gasteiger partial charge on any atom is -0.480 e. The van der Waals surface area contributed by atoms with Crippen LogP contribution in [-0.4, -0.2) is 40.6 Å². The molecule has 0 aromatic rings. The number of amides is 2. The number of nitrogens with zero attached hydrogens (tertiary/aromatic N) is 1. The van der Waals surface area contributed by atoms with Crippen LogP contribution in [0.2, 0.25) is 0 Å². The minimum absolute atomic E-state index is 0.247. The average Bonchev–Trinajstić information content (AvgIpc) is 2.30. The Balaban J connectivity index is 2.60. The second-order valence-corrected chi connectivity index (χ2v) is 4.87. The molecule has 98 valence electrons. The standard InChI is InChI=1S/C12H22N2O3/c1-3-7-12(2,10(15)16)13-11(17)14-8-5-4-6-9-14/h3-9H2,1-2H3,(H,13,17)(H,15,16). The molecule has 1 unspecified atom stereocenters. The van der Waals surface area contributed by atoms with Crippen LogP contribution in [0.15, 0.2) is 0 Å².